The highest BCUT2D eigenvalue weighted by atomic mass is 16.1. The SMILES string of the molecule is CCN1CCC(=O)C12CCCCC2C. The first-order valence-corrected chi connectivity index (χ1v) is 6.00. The van der Waals surface area contributed by atoms with E-state index in [1.165, 1.54) is 19.3 Å². The van der Waals surface area contributed by atoms with Gasteiger partial charge in [-0.3, -0.25) is 9.69 Å². The molecule has 2 unspecified atom stereocenters. The average molecular weight is 195 g/mol. The Morgan fingerprint density at radius 2 is 2.29 bits per heavy atom. The van der Waals surface area contributed by atoms with Crippen LogP contribution in [-0.2, 0) is 4.79 Å². The van der Waals surface area contributed by atoms with Gasteiger partial charge in [-0.2, -0.15) is 0 Å². The molecule has 2 heteroatoms. The van der Waals surface area contributed by atoms with E-state index in [0.717, 1.165) is 25.9 Å². The van der Waals surface area contributed by atoms with Crippen molar-refractivity contribution in [1.29, 1.82) is 0 Å². The molecule has 1 aliphatic carbocycles. The molecule has 80 valence electrons. The van der Waals surface area contributed by atoms with Gasteiger partial charge in [0.25, 0.3) is 0 Å². The second-order valence-electron chi connectivity index (χ2n) is 4.82. The van der Waals surface area contributed by atoms with Crippen LogP contribution in [0.1, 0.15) is 46.0 Å². The van der Waals surface area contributed by atoms with E-state index in [-0.39, 0.29) is 5.54 Å². The predicted molar refractivity (Wildman–Crippen MR) is 57.2 cm³/mol. The summed E-state index contributed by atoms with van der Waals surface area (Å²) < 4.78 is 0. The summed E-state index contributed by atoms with van der Waals surface area (Å²) in [5.41, 5.74) is -0.0486. The highest BCUT2D eigenvalue weighted by molar-refractivity contribution is 5.91. The largest absolute Gasteiger partial charge is 0.298 e. The molecule has 1 spiro atoms. The fourth-order valence-electron chi connectivity index (χ4n) is 3.48. The number of hydrogen-bond acceptors (Lipinski definition) is 2. The number of nitrogens with zero attached hydrogens (tertiary/aromatic N) is 1. The van der Waals surface area contributed by atoms with Crippen molar-refractivity contribution in [1.82, 2.24) is 4.90 Å². The van der Waals surface area contributed by atoms with Gasteiger partial charge >= 0.3 is 0 Å². The van der Waals surface area contributed by atoms with Gasteiger partial charge in [-0.05, 0) is 25.3 Å². The molecule has 2 aliphatic rings. The van der Waals surface area contributed by atoms with Crippen LogP contribution in [0.3, 0.4) is 0 Å². The van der Waals surface area contributed by atoms with Crippen LogP contribution in [0.5, 0.6) is 0 Å². The number of rotatable bonds is 1. The number of Topliss-reactive ketones (excluding diaryl/α,β-unsaturated/α-hetero) is 1. The number of ketones is 1. The maximum atomic E-state index is 12.1. The van der Waals surface area contributed by atoms with Crippen LogP contribution >= 0.6 is 0 Å². The minimum absolute atomic E-state index is 0.0486. The normalized spacial score (nSPS) is 39.6. The number of hydrogen-bond donors (Lipinski definition) is 0. The van der Waals surface area contributed by atoms with E-state index in [1.807, 2.05) is 0 Å². The van der Waals surface area contributed by atoms with Crippen LogP contribution in [-0.4, -0.2) is 29.3 Å². The van der Waals surface area contributed by atoms with Crippen molar-refractivity contribution in [3.8, 4) is 0 Å². The van der Waals surface area contributed by atoms with E-state index >= 15 is 0 Å². The smallest absolute Gasteiger partial charge is 0.154 e. The van der Waals surface area contributed by atoms with E-state index in [9.17, 15) is 4.79 Å². The lowest BCUT2D eigenvalue weighted by Gasteiger charge is -2.44. The Bertz CT molecular complexity index is 238. The summed E-state index contributed by atoms with van der Waals surface area (Å²) in [6, 6.07) is 0. The van der Waals surface area contributed by atoms with Crippen molar-refractivity contribution in [2.75, 3.05) is 13.1 Å². The van der Waals surface area contributed by atoms with Crippen LogP contribution < -0.4 is 0 Å². The van der Waals surface area contributed by atoms with Gasteiger partial charge < -0.3 is 0 Å². The molecule has 0 amide bonds. The first-order chi connectivity index (χ1) is 6.71. The molecular formula is C12H21NO. The lowest BCUT2D eigenvalue weighted by molar-refractivity contribution is -0.129. The molecule has 0 bridgehead atoms. The lowest BCUT2D eigenvalue weighted by atomic mass is 9.71. The quantitative estimate of drug-likeness (QED) is 0.639. The van der Waals surface area contributed by atoms with E-state index in [4.69, 9.17) is 0 Å². The Kier molecular flexibility index (Phi) is 2.65. The second kappa shape index (κ2) is 3.65. The molecule has 2 fully saturated rings. The summed E-state index contributed by atoms with van der Waals surface area (Å²) in [6.07, 6.45) is 5.70. The molecule has 1 saturated carbocycles. The zero-order chi connectivity index (χ0) is 10.2. The van der Waals surface area contributed by atoms with Gasteiger partial charge in [0.05, 0.1) is 5.54 Å². The Labute approximate surface area is 86.7 Å². The molecule has 2 atom stereocenters. The summed E-state index contributed by atoms with van der Waals surface area (Å²) in [6.45, 7) is 6.49. The van der Waals surface area contributed by atoms with E-state index in [1.54, 1.807) is 0 Å². The molecule has 0 aromatic carbocycles. The molecule has 0 aromatic rings. The van der Waals surface area contributed by atoms with Crippen LogP contribution in [0.15, 0.2) is 0 Å². The van der Waals surface area contributed by atoms with Gasteiger partial charge in [0.15, 0.2) is 5.78 Å². The van der Waals surface area contributed by atoms with Crippen LogP contribution in [0, 0.1) is 5.92 Å². The zero-order valence-corrected chi connectivity index (χ0v) is 9.38. The van der Waals surface area contributed by atoms with Gasteiger partial charge in [-0.1, -0.05) is 26.7 Å². The van der Waals surface area contributed by atoms with Gasteiger partial charge in [0, 0.05) is 13.0 Å². The van der Waals surface area contributed by atoms with E-state index in [2.05, 4.69) is 18.7 Å². The van der Waals surface area contributed by atoms with Gasteiger partial charge in [-0.25, -0.2) is 0 Å². The lowest BCUT2D eigenvalue weighted by Crippen LogP contribution is -2.54. The predicted octanol–water partition coefficient (Wildman–Crippen LogP) is 2.23. The highest BCUT2D eigenvalue weighted by Gasteiger charge is 2.51. The fraction of sp³-hybridized carbons (Fsp3) is 0.917. The summed E-state index contributed by atoms with van der Waals surface area (Å²) >= 11 is 0. The minimum atomic E-state index is -0.0486. The molecule has 2 nitrogen and oxygen atoms in total. The number of carbonyl (C=O) groups is 1. The van der Waals surface area contributed by atoms with E-state index in [0.29, 0.717) is 11.7 Å². The van der Waals surface area contributed by atoms with Crippen molar-refractivity contribution < 1.29 is 4.79 Å². The highest BCUT2D eigenvalue weighted by Crippen LogP contribution is 2.42. The Morgan fingerprint density at radius 3 is 2.93 bits per heavy atom. The first kappa shape index (κ1) is 10.2. The third-order valence-corrected chi connectivity index (χ3v) is 4.30. The molecule has 0 aromatic heterocycles. The molecule has 2 rings (SSSR count). The van der Waals surface area contributed by atoms with E-state index < -0.39 is 0 Å². The third-order valence-electron chi connectivity index (χ3n) is 4.30. The maximum Gasteiger partial charge on any atom is 0.154 e. The molecule has 1 saturated heterocycles. The van der Waals surface area contributed by atoms with Crippen LogP contribution in [0.2, 0.25) is 0 Å². The summed E-state index contributed by atoms with van der Waals surface area (Å²) in [5, 5.41) is 0. The first-order valence-electron chi connectivity index (χ1n) is 6.00. The summed E-state index contributed by atoms with van der Waals surface area (Å²) in [7, 11) is 0. The van der Waals surface area contributed by atoms with Gasteiger partial charge in [0.1, 0.15) is 0 Å². The third kappa shape index (κ3) is 1.23. The monoisotopic (exact) mass is 195 g/mol. The fourth-order valence-corrected chi connectivity index (χ4v) is 3.48. The van der Waals surface area contributed by atoms with Gasteiger partial charge in [0.2, 0.25) is 0 Å². The topological polar surface area (TPSA) is 20.3 Å². The molecule has 0 radical (unpaired) electrons. The zero-order valence-electron chi connectivity index (χ0n) is 9.38. The summed E-state index contributed by atoms with van der Waals surface area (Å²) in [5.74, 6) is 1.10. The molecule has 0 N–H and O–H groups in total. The number of likely N-dealkylation sites (N-methyl/N-ethyl adjacent to an activating group) is 1. The van der Waals surface area contributed by atoms with Crippen molar-refractivity contribution >= 4 is 5.78 Å². The van der Waals surface area contributed by atoms with Crippen molar-refractivity contribution in [3.05, 3.63) is 0 Å². The van der Waals surface area contributed by atoms with Crippen molar-refractivity contribution in [2.45, 2.75) is 51.5 Å². The molecule has 1 aliphatic heterocycles. The summed E-state index contributed by atoms with van der Waals surface area (Å²) in [4.78, 5) is 14.5. The van der Waals surface area contributed by atoms with Crippen molar-refractivity contribution in [2.24, 2.45) is 5.92 Å². The number of carbonyl (C=O) groups excluding carboxylic acids is 1. The molecular weight excluding hydrogens is 174 g/mol. The van der Waals surface area contributed by atoms with Crippen LogP contribution in [0.4, 0.5) is 0 Å². The van der Waals surface area contributed by atoms with Gasteiger partial charge in [-0.15, -0.1) is 0 Å². The average Bonchev–Trinajstić information content (AvgIpc) is 2.50. The minimum Gasteiger partial charge on any atom is -0.298 e. The Morgan fingerprint density at radius 1 is 1.50 bits per heavy atom. The Hall–Kier alpha value is -0.370. The number of likely N-dealkylation sites (tertiary alicyclic amines) is 1. The molecule has 1 heterocycles. The Balaban J connectivity index is 2.28. The second-order valence-corrected chi connectivity index (χ2v) is 4.82. The standard InChI is InChI=1S/C12H21NO/c1-3-13-9-7-11(14)12(13)8-5-4-6-10(12)2/h10H,3-9H2,1-2H3. The van der Waals surface area contributed by atoms with Crippen LogP contribution in [0.25, 0.3) is 0 Å². The molecule has 14 heavy (non-hydrogen) atoms. The van der Waals surface area contributed by atoms with Crippen molar-refractivity contribution in [3.63, 3.8) is 0 Å². The maximum absolute atomic E-state index is 12.1.